The average molecular weight is 534 g/mol. The molecule has 2 atom stereocenters. The Hall–Kier alpha value is -1.40. The molecule has 1 fully saturated rings. The van der Waals surface area contributed by atoms with Crippen LogP contribution in [0.1, 0.15) is 95.7 Å². The van der Waals surface area contributed by atoms with E-state index in [4.69, 9.17) is 9.47 Å². The SMILES string of the molecule is CCCCC1(CCCC)Oc2ccc(C3CCC(CCc4ccc(OCC)cc4)N3CO)cc2S1.Cl. The number of likely N-dealkylation sites (tertiary alicyclic amines) is 1. The molecule has 2 aromatic rings. The van der Waals surface area contributed by atoms with Crippen molar-refractivity contribution >= 4 is 24.2 Å². The van der Waals surface area contributed by atoms with Crippen LogP contribution in [0.15, 0.2) is 47.4 Å². The number of aliphatic hydroxyl groups excluding tert-OH is 1. The standard InChI is InChI=1S/C30H43NO3S.ClH/c1-4-7-19-30(20-8-5-2)34-28-18-12-24(21-29(28)35-30)27-17-14-25(31(27)22-32)13-9-23-10-15-26(16-11-23)33-6-3;/h10-12,15-16,18,21,25,27,32H,4-9,13-14,17,19-20,22H2,1-3H3;1H. The van der Waals surface area contributed by atoms with Crippen LogP contribution in [0.25, 0.3) is 0 Å². The number of hydrogen-bond donors (Lipinski definition) is 1. The third-order valence-electron chi connectivity index (χ3n) is 7.57. The van der Waals surface area contributed by atoms with E-state index in [9.17, 15) is 5.11 Å². The monoisotopic (exact) mass is 533 g/mol. The Bertz CT molecular complexity index is 930. The summed E-state index contributed by atoms with van der Waals surface area (Å²) in [5.74, 6) is 1.98. The van der Waals surface area contributed by atoms with Crippen molar-refractivity contribution in [2.24, 2.45) is 0 Å². The number of nitrogens with zero attached hydrogens (tertiary/aromatic N) is 1. The van der Waals surface area contributed by atoms with Gasteiger partial charge in [0.15, 0.2) is 4.93 Å². The van der Waals surface area contributed by atoms with Gasteiger partial charge in [-0.25, -0.2) is 0 Å². The van der Waals surface area contributed by atoms with Crippen molar-refractivity contribution in [2.45, 2.75) is 107 Å². The topological polar surface area (TPSA) is 41.9 Å². The molecule has 4 nitrogen and oxygen atoms in total. The first-order chi connectivity index (χ1) is 17.1. The summed E-state index contributed by atoms with van der Waals surface area (Å²) in [6.07, 6.45) is 11.3. The zero-order valence-corrected chi connectivity index (χ0v) is 23.8. The van der Waals surface area contributed by atoms with Crippen LogP contribution in [-0.4, -0.2) is 34.3 Å². The lowest BCUT2D eigenvalue weighted by atomic mass is 10.0. The van der Waals surface area contributed by atoms with E-state index in [1.54, 1.807) is 0 Å². The van der Waals surface area contributed by atoms with Gasteiger partial charge >= 0.3 is 0 Å². The fraction of sp³-hybridized carbons (Fsp3) is 0.600. The molecular formula is C30H44ClNO3S. The highest BCUT2D eigenvalue weighted by Crippen LogP contribution is 2.53. The number of aryl methyl sites for hydroxylation is 1. The van der Waals surface area contributed by atoms with E-state index in [1.165, 1.54) is 41.7 Å². The predicted octanol–water partition coefficient (Wildman–Crippen LogP) is 8.16. The molecule has 2 aliphatic heterocycles. The van der Waals surface area contributed by atoms with Gasteiger partial charge in [-0.3, -0.25) is 4.90 Å². The smallest absolute Gasteiger partial charge is 0.159 e. The lowest BCUT2D eigenvalue weighted by Gasteiger charge is -2.28. The van der Waals surface area contributed by atoms with Crippen LogP contribution in [-0.2, 0) is 6.42 Å². The first-order valence-corrected chi connectivity index (χ1v) is 14.5. The van der Waals surface area contributed by atoms with E-state index < -0.39 is 0 Å². The molecule has 0 saturated carbocycles. The van der Waals surface area contributed by atoms with Gasteiger partial charge < -0.3 is 14.6 Å². The van der Waals surface area contributed by atoms with Crippen molar-refractivity contribution in [3.8, 4) is 11.5 Å². The third-order valence-corrected chi connectivity index (χ3v) is 8.98. The molecule has 6 heteroatoms. The number of benzene rings is 2. The molecule has 0 spiro atoms. The average Bonchev–Trinajstić information content (AvgIpc) is 3.46. The number of ether oxygens (including phenoxy) is 2. The normalized spacial score (nSPS) is 20.6. The Labute approximate surface area is 228 Å². The van der Waals surface area contributed by atoms with Crippen molar-refractivity contribution in [1.82, 2.24) is 4.90 Å². The summed E-state index contributed by atoms with van der Waals surface area (Å²) in [6, 6.07) is 15.9. The lowest BCUT2D eigenvalue weighted by Crippen LogP contribution is -2.32. The van der Waals surface area contributed by atoms with Gasteiger partial charge in [-0.2, -0.15) is 0 Å². The van der Waals surface area contributed by atoms with Crippen molar-refractivity contribution < 1.29 is 14.6 Å². The Balaban J connectivity index is 0.00000361. The number of unbranched alkanes of at least 4 members (excludes halogenated alkanes) is 2. The van der Waals surface area contributed by atoms with Crippen LogP contribution in [0.5, 0.6) is 11.5 Å². The molecule has 0 aliphatic carbocycles. The van der Waals surface area contributed by atoms with Gasteiger partial charge in [-0.05, 0) is 93.7 Å². The van der Waals surface area contributed by atoms with E-state index in [-0.39, 0.29) is 30.1 Å². The second kappa shape index (κ2) is 13.9. The first-order valence-electron chi connectivity index (χ1n) is 13.7. The second-order valence-electron chi connectivity index (χ2n) is 10.0. The molecule has 1 N–H and O–H groups in total. The van der Waals surface area contributed by atoms with E-state index in [2.05, 4.69) is 61.2 Å². The lowest BCUT2D eigenvalue weighted by molar-refractivity contribution is 0.0596. The van der Waals surface area contributed by atoms with Crippen molar-refractivity contribution in [2.75, 3.05) is 13.3 Å². The Morgan fingerprint density at radius 1 is 1.03 bits per heavy atom. The molecule has 2 aliphatic rings. The van der Waals surface area contributed by atoms with Crippen molar-refractivity contribution in [1.29, 1.82) is 0 Å². The summed E-state index contributed by atoms with van der Waals surface area (Å²) >= 11 is 1.94. The van der Waals surface area contributed by atoms with Gasteiger partial charge in [0.05, 0.1) is 18.2 Å². The maximum absolute atomic E-state index is 10.3. The number of halogens is 1. The predicted molar refractivity (Wildman–Crippen MR) is 153 cm³/mol. The van der Waals surface area contributed by atoms with E-state index in [0.717, 1.165) is 50.0 Å². The van der Waals surface area contributed by atoms with Crippen LogP contribution in [0.3, 0.4) is 0 Å². The van der Waals surface area contributed by atoms with Crippen molar-refractivity contribution in [3.05, 3.63) is 53.6 Å². The fourth-order valence-corrected chi connectivity index (χ4v) is 7.04. The zero-order valence-electron chi connectivity index (χ0n) is 22.2. The second-order valence-corrected chi connectivity index (χ2v) is 11.4. The van der Waals surface area contributed by atoms with Gasteiger partial charge in [0, 0.05) is 12.1 Å². The summed E-state index contributed by atoms with van der Waals surface area (Å²) in [6.45, 7) is 7.33. The maximum Gasteiger partial charge on any atom is 0.159 e. The first kappa shape index (κ1) is 29.2. The molecule has 2 unspecified atom stereocenters. The third kappa shape index (κ3) is 6.92. The summed E-state index contributed by atoms with van der Waals surface area (Å²) in [7, 11) is 0. The number of fused-ring (bicyclic) bond motifs is 1. The Morgan fingerprint density at radius 3 is 2.39 bits per heavy atom. The largest absolute Gasteiger partial charge is 0.494 e. The molecule has 2 heterocycles. The fourth-order valence-electron chi connectivity index (χ4n) is 5.61. The highest BCUT2D eigenvalue weighted by Gasteiger charge is 2.40. The Morgan fingerprint density at radius 2 is 1.75 bits per heavy atom. The van der Waals surface area contributed by atoms with Crippen LogP contribution < -0.4 is 9.47 Å². The Kier molecular flexibility index (Phi) is 11.3. The summed E-state index contributed by atoms with van der Waals surface area (Å²) in [5.41, 5.74) is 2.65. The van der Waals surface area contributed by atoms with Gasteiger partial charge in [-0.1, -0.05) is 56.7 Å². The minimum absolute atomic E-state index is 0. The summed E-state index contributed by atoms with van der Waals surface area (Å²) in [5, 5.41) is 10.3. The molecule has 0 aromatic heterocycles. The van der Waals surface area contributed by atoms with E-state index >= 15 is 0 Å². The van der Waals surface area contributed by atoms with Crippen molar-refractivity contribution in [3.63, 3.8) is 0 Å². The van der Waals surface area contributed by atoms with Crippen LogP contribution >= 0.6 is 24.2 Å². The van der Waals surface area contributed by atoms with Crippen LogP contribution in [0.2, 0.25) is 0 Å². The number of hydrogen-bond acceptors (Lipinski definition) is 5. The maximum atomic E-state index is 10.3. The summed E-state index contributed by atoms with van der Waals surface area (Å²) in [4.78, 5) is 3.49. The van der Waals surface area contributed by atoms with E-state index in [1.807, 2.05) is 18.7 Å². The van der Waals surface area contributed by atoms with Gasteiger partial charge in [0.25, 0.3) is 0 Å². The minimum atomic E-state index is -0.0976. The number of thioether (sulfide) groups is 1. The van der Waals surface area contributed by atoms with Gasteiger partial charge in [0.1, 0.15) is 11.5 Å². The highest BCUT2D eigenvalue weighted by atomic mass is 35.5. The van der Waals surface area contributed by atoms with Gasteiger partial charge in [-0.15, -0.1) is 12.4 Å². The van der Waals surface area contributed by atoms with Gasteiger partial charge in [0.2, 0.25) is 0 Å². The zero-order chi connectivity index (χ0) is 24.7. The molecule has 4 rings (SSSR count). The number of rotatable bonds is 13. The summed E-state index contributed by atoms with van der Waals surface area (Å²) < 4.78 is 12.2. The van der Waals surface area contributed by atoms with Crippen LogP contribution in [0.4, 0.5) is 0 Å². The van der Waals surface area contributed by atoms with Crippen LogP contribution in [0, 0.1) is 0 Å². The molecule has 0 amide bonds. The molecular weight excluding hydrogens is 490 g/mol. The molecule has 0 bridgehead atoms. The molecule has 36 heavy (non-hydrogen) atoms. The molecule has 200 valence electrons. The molecule has 1 saturated heterocycles. The highest BCUT2D eigenvalue weighted by molar-refractivity contribution is 8.00. The van der Waals surface area contributed by atoms with E-state index in [0.29, 0.717) is 12.6 Å². The minimum Gasteiger partial charge on any atom is -0.494 e. The quantitative estimate of drug-likeness (QED) is 0.281. The molecule has 0 radical (unpaired) electrons. The number of aliphatic hydroxyl groups is 1. The molecule has 2 aromatic carbocycles.